The maximum absolute atomic E-state index is 14.3. The fourth-order valence-electron chi connectivity index (χ4n) is 6.60. The van der Waals surface area contributed by atoms with Gasteiger partial charge >= 0.3 is 5.97 Å². The summed E-state index contributed by atoms with van der Waals surface area (Å²) >= 11 is 0. The number of carbonyl (C=O) groups is 6. The van der Waals surface area contributed by atoms with E-state index >= 15 is 0 Å². The Labute approximate surface area is 278 Å². The van der Waals surface area contributed by atoms with Gasteiger partial charge < -0.3 is 30.1 Å². The van der Waals surface area contributed by atoms with Crippen LogP contribution < -0.4 is 10.6 Å². The fourth-order valence-corrected chi connectivity index (χ4v) is 6.60. The molecule has 1 aromatic carbocycles. The Bertz CT molecular complexity index is 1280. The zero-order chi connectivity index (χ0) is 35.0. The smallest absolute Gasteiger partial charge is 0.308 e. The molecular weight excluding hydrogens is 602 g/mol. The second kappa shape index (κ2) is 16.7. The highest BCUT2D eigenvalue weighted by atomic mass is 16.5. The average Bonchev–Trinajstić information content (AvgIpc) is 3.49. The lowest BCUT2D eigenvalue weighted by molar-refractivity contribution is -0.162. The zero-order valence-electron chi connectivity index (χ0n) is 29.2. The molecule has 2 N–H and O–H groups in total. The lowest BCUT2D eigenvalue weighted by atomic mass is 9.96. The number of nitrogens with zero attached hydrogens (tertiary/aromatic N) is 3. The number of nitrogens with one attached hydrogen (secondary N) is 2. The van der Waals surface area contributed by atoms with Crippen LogP contribution in [0.3, 0.4) is 0 Å². The van der Waals surface area contributed by atoms with Crippen LogP contribution >= 0.6 is 0 Å². The first kappa shape index (κ1) is 37.5. The molecule has 2 aliphatic heterocycles. The van der Waals surface area contributed by atoms with Gasteiger partial charge in [0.2, 0.25) is 23.6 Å². The van der Waals surface area contributed by atoms with Gasteiger partial charge in [-0.3, -0.25) is 28.8 Å². The number of ether oxygens (including phenoxy) is 1. The van der Waals surface area contributed by atoms with Gasteiger partial charge in [0.25, 0.3) is 5.91 Å². The minimum absolute atomic E-state index is 0.0186. The topological polar surface area (TPSA) is 145 Å². The van der Waals surface area contributed by atoms with Crippen molar-refractivity contribution in [2.24, 2.45) is 17.8 Å². The van der Waals surface area contributed by atoms with Crippen molar-refractivity contribution < 1.29 is 33.5 Å². The van der Waals surface area contributed by atoms with Crippen LogP contribution in [0.5, 0.6) is 0 Å². The molecule has 0 saturated carbocycles. The molecule has 47 heavy (non-hydrogen) atoms. The van der Waals surface area contributed by atoms with Crippen molar-refractivity contribution in [2.45, 2.75) is 104 Å². The van der Waals surface area contributed by atoms with Crippen molar-refractivity contribution in [3.63, 3.8) is 0 Å². The summed E-state index contributed by atoms with van der Waals surface area (Å²) in [6, 6.07) is 5.54. The molecule has 5 amide bonds. The SMILES string of the molecule is CC(C)C[C@@H]1OC(=O)CCNC(=O)[C@@H](C(C)C)N(C)C(=O)C(C(C)C)N(C)C(=O)[C@@H](Cc2ccccc2)NC(=O)[C@@H]2CCCN2C1=O. The maximum atomic E-state index is 14.3. The summed E-state index contributed by atoms with van der Waals surface area (Å²) < 4.78 is 5.66. The van der Waals surface area contributed by atoms with Crippen molar-refractivity contribution >= 4 is 35.5 Å². The molecule has 1 unspecified atom stereocenters. The Hall–Kier alpha value is -3.96. The monoisotopic (exact) mass is 655 g/mol. The standard InChI is InChI=1S/C35H53N5O7/c1-21(2)19-27-34(45)40-18-12-15-26(40)31(42)37-25(20-24-13-10-9-11-14-24)33(44)39(8)30(23(5)6)35(46)38(7)29(22(3)4)32(43)36-17-16-28(41)47-27/h9-11,13-14,21-23,25-27,29-30H,12,15-20H2,1-8H3,(H,36,43)(H,37,42)/t25-,26+,27+,29-,30?/m1/s1. The van der Waals surface area contributed by atoms with E-state index in [-0.39, 0.29) is 43.6 Å². The van der Waals surface area contributed by atoms with Gasteiger partial charge in [0, 0.05) is 33.6 Å². The number of hydrogen-bond acceptors (Lipinski definition) is 7. The summed E-state index contributed by atoms with van der Waals surface area (Å²) in [5.41, 5.74) is 0.808. The Kier molecular flexibility index (Phi) is 13.4. The molecule has 0 radical (unpaired) electrons. The van der Waals surface area contributed by atoms with E-state index < -0.39 is 65.8 Å². The molecule has 0 spiro atoms. The van der Waals surface area contributed by atoms with Gasteiger partial charge in [0.15, 0.2) is 6.10 Å². The van der Waals surface area contributed by atoms with Crippen LogP contribution in [0.1, 0.15) is 72.8 Å². The average molecular weight is 656 g/mol. The van der Waals surface area contributed by atoms with E-state index in [0.717, 1.165) is 5.56 Å². The van der Waals surface area contributed by atoms with Crippen LogP contribution in [0, 0.1) is 17.8 Å². The minimum atomic E-state index is -1.10. The minimum Gasteiger partial charge on any atom is -0.452 e. The van der Waals surface area contributed by atoms with Crippen LogP contribution in [-0.2, 0) is 39.9 Å². The molecule has 0 aliphatic carbocycles. The summed E-state index contributed by atoms with van der Waals surface area (Å²) in [6.07, 6.45) is 0.120. The van der Waals surface area contributed by atoms with E-state index in [1.54, 1.807) is 7.05 Å². The molecule has 0 bridgehead atoms. The van der Waals surface area contributed by atoms with E-state index in [1.807, 2.05) is 71.9 Å². The lowest BCUT2D eigenvalue weighted by Gasteiger charge is -2.38. The summed E-state index contributed by atoms with van der Waals surface area (Å²) in [4.78, 5) is 86.6. The number of likely N-dealkylation sites (N-methyl/N-ethyl adjacent to an activating group) is 2. The highest BCUT2D eigenvalue weighted by Gasteiger charge is 2.42. The summed E-state index contributed by atoms with van der Waals surface area (Å²) in [7, 11) is 3.08. The molecule has 0 aromatic heterocycles. The highest BCUT2D eigenvalue weighted by Crippen LogP contribution is 2.24. The lowest BCUT2D eigenvalue weighted by Crippen LogP contribution is -2.61. The molecule has 260 valence electrons. The van der Waals surface area contributed by atoms with Gasteiger partial charge in [-0.25, -0.2) is 0 Å². The number of cyclic esters (lactones) is 1. The van der Waals surface area contributed by atoms with Crippen LogP contribution in [-0.4, -0.2) is 108 Å². The van der Waals surface area contributed by atoms with Gasteiger partial charge in [-0.05, 0) is 42.6 Å². The van der Waals surface area contributed by atoms with Crippen molar-refractivity contribution in [3.8, 4) is 0 Å². The molecule has 12 nitrogen and oxygen atoms in total. The summed E-state index contributed by atoms with van der Waals surface area (Å²) in [6.45, 7) is 11.4. The number of rotatable bonds is 6. The molecular formula is C35H53N5O7. The first-order valence-electron chi connectivity index (χ1n) is 16.8. The first-order valence-corrected chi connectivity index (χ1v) is 16.8. The number of benzene rings is 1. The third kappa shape index (κ3) is 9.54. The van der Waals surface area contributed by atoms with Crippen LogP contribution in [0.4, 0.5) is 0 Å². The van der Waals surface area contributed by atoms with Crippen LogP contribution in [0.2, 0.25) is 0 Å². The van der Waals surface area contributed by atoms with E-state index in [0.29, 0.717) is 19.4 Å². The predicted octanol–water partition coefficient (Wildman–Crippen LogP) is 2.15. The first-order chi connectivity index (χ1) is 22.1. The normalized spacial score (nSPS) is 26.2. The van der Waals surface area contributed by atoms with E-state index in [4.69, 9.17) is 4.74 Å². The van der Waals surface area contributed by atoms with Gasteiger partial charge in [0.1, 0.15) is 24.2 Å². The quantitative estimate of drug-likeness (QED) is 0.447. The van der Waals surface area contributed by atoms with Gasteiger partial charge in [-0.15, -0.1) is 0 Å². The second-order valence-electron chi connectivity index (χ2n) is 13.9. The van der Waals surface area contributed by atoms with Crippen LogP contribution in [0.15, 0.2) is 30.3 Å². The molecule has 1 aromatic rings. The molecule has 2 aliphatic rings. The Morgan fingerprint density at radius 1 is 0.809 bits per heavy atom. The third-order valence-corrected chi connectivity index (χ3v) is 8.91. The molecule has 12 heteroatoms. The summed E-state index contributed by atoms with van der Waals surface area (Å²) in [5.74, 6) is -3.51. The fraction of sp³-hybridized carbons (Fsp3) is 0.657. The number of amides is 5. The van der Waals surface area contributed by atoms with Crippen molar-refractivity contribution in [1.82, 2.24) is 25.3 Å². The van der Waals surface area contributed by atoms with Crippen LogP contribution in [0.25, 0.3) is 0 Å². The predicted molar refractivity (Wildman–Crippen MR) is 177 cm³/mol. The Balaban J connectivity index is 2.08. The van der Waals surface area contributed by atoms with Crippen molar-refractivity contribution in [2.75, 3.05) is 27.2 Å². The number of esters is 1. The number of carbonyl (C=O) groups excluding carboxylic acids is 6. The molecule has 2 heterocycles. The van der Waals surface area contributed by atoms with Crippen molar-refractivity contribution in [1.29, 1.82) is 0 Å². The molecule has 2 fully saturated rings. The van der Waals surface area contributed by atoms with E-state index in [1.165, 1.54) is 21.7 Å². The molecule has 3 rings (SSSR count). The van der Waals surface area contributed by atoms with Gasteiger partial charge in [-0.2, -0.15) is 0 Å². The Morgan fingerprint density at radius 2 is 1.43 bits per heavy atom. The van der Waals surface area contributed by atoms with Gasteiger partial charge in [-0.1, -0.05) is 71.9 Å². The third-order valence-electron chi connectivity index (χ3n) is 8.91. The van der Waals surface area contributed by atoms with Gasteiger partial charge in [0.05, 0.1) is 6.42 Å². The number of hydrogen-bond donors (Lipinski definition) is 2. The Morgan fingerprint density at radius 3 is 2.02 bits per heavy atom. The highest BCUT2D eigenvalue weighted by molar-refractivity contribution is 5.96. The van der Waals surface area contributed by atoms with E-state index in [9.17, 15) is 28.8 Å². The molecule has 5 atom stereocenters. The second-order valence-corrected chi connectivity index (χ2v) is 13.9. The van der Waals surface area contributed by atoms with Crippen molar-refractivity contribution in [3.05, 3.63) is 35.9 Å². The largest absolute Gasteiger partial charge is 0.452 e. The molecule has 2 saturated heterocycles. The number of fused-ring (bicyclic) bond motifs is 1. The van der Waals surface area contributed by atoms with E-state index in [2.05, 4.69) is 10.6 Å². The zero-order valence-corrected chi connectivity index (χ0v) is 29.2. The maximum Gasteiger partial charge on any atom is 0.308 e. The summed E-state index contributed by atoms with van der Waals surface area (Å²) in [5, 5.41) is 5.67.